The number of benzene rings is 1. The number of anilines is 1. The highest BCUT2D eigenvalue weighted by atomic mass is 15.1. The van der Waals surface area contributed by atoms with Crippen LogP contribution >= 0.6 is 0 Å². The van der Waals surface area contributed by atoms with Crippen molar-refractivity contribution in [2.24, 2.45) is 4.99 Å². The Morgan fingerprint density at radius 1 is 1.12 bits per heavy atom. The molecule has 0 saturated heterocycles. The third-order valence-corrected chi connectivity index (χ3v) is 2.36. The lowest BCUT2D eigenvalue weighted by Crippen LogP contribution is -2.26. The molecule has 16 heavy (non-hydrogen) atoms. The fraction of sp³-hybridized carbons (Fsp3) is 0.462. The van der Waals surface area contributed by atoms with E-state index >= 15 is 0 Å². The quantitative estimate of drug-likeness (QED) is 0.572. The Balaban J connectivity index is 3.24. The molecule has 0 unspecified atom stereocenters. The molecule has 0 N–H and O–H groups in total. The van der Waals surface area contributed by atoms with E-state index in [1.807, 2.05) is 14.1 Å². The largest absolute Gasteiger partial charge is 0.377 e. The minimum Gasteiger partial charge on any atom is -0.377 e. The Bertz CT molecular complexity index is 367. The van der Waals surface area contributed by atoms with Gasteiger partial charge in [-0.1, -0.05) is 12.1 Å². The second-order valence-corrected chi connectivity index (χ2v) is 4.10. The zero-order valence-corrected chi connectivity index (χ0v) is 10.9. The summed E-state index contributed by atoms with van der Waals surface area (Å²) in [6.07, 6.45) is 0. The third-order valence-electron chi connectivity index (χ3n) is 2.36. The van der Waals surface area contributed by atoms with E-state index in [1.165, 1.54) is 11.3 Å². The van der Waals surface area contributed by atoms with Crippen LogP contribution < -0.4 is 4.90 Å². The van der Waals surface area contributed by atoms with Crippen LogP contribution in [0.4, 0.5) is 5.69 Å². The Morgan fingerprint density at radius 2 is 1.75 bits per heavy atom. The average molecular weight is 219 g/mol. The fourth-order valence-electron chi connectivity index (χ4n) is 1.67. The molecule has 1 aromatic carbocycles. The van der Waals surface area contributed by atoms with E-state index in [0.717, 1.165) is 12.4 Å². The maximum Gasteiger partial charge on any atom is 0.132 e. The van der Waals surface area contributed by atoms with E-state index in [9.17, 15) is 0 Å². The van der Waals surface area contributed by atoms with Crippen molar-refractivity contribution in [3.8, 4) is 0 Å². The first kappa shape index (κ1) is 12.6. The van der Waals surface area contributed by atoms with Gasteiger partial charge >= 0.3 is 0 Å². The maximum absolute atomic E-state index is 4.55. The van der Waals surface area contributed by atoms with Gasteiger partial charge in [0.15, 0.2) is 0 Å². The Kier molecular flexibility index (Phi) is 4.35. The van der Waals surface area contributed by atoms with Gasteiger partial charge in [0.2, 0.25) is 0 Å². The second kappa shape index (κ2) is 5.54. The molecule has 0 saturated carbocycles. The molecule has 0 bridgehead atoms. The first-order valence-corrected chi connectivity index (χ1v) is 5.56. The van der Waals surface area contributed by atoms with Gasteiger partial charge in [-0.3, -0.25) is 4.99 Å². The van der Waals surface area contributed by atoms with Crippen molar-refractivity contribution in [1.29, 1.82) is 0 Å². The molecule has 88 valence electrons. The molecule has 1 aromatic rings. The Labute approximate surface area is 98.4 Å². The zero-order chi connectivity index (χ0) is 12.1. The summed E-state index contributed by atoms with van der Waals surface area (Å²) in [5.41, 5.74) is 2.38. The molecule has 0 amide bonds. The summed E-state index contributed by atoms with van der Waals surface area (Å²) in [5.74, 6) is 1.03. The zero-order valence-electron chi connectivity index (χ0n) is 10.9. The van der Waals surface area contributed by atoms with Gasteiger partial charge in [-0.2, -0.15) is 0 Å². The van der Waals surface area contributed by atoms with Crippen molar-refractivity contribution < 1.29 is 0 Å². The van der Waals surface area contributed by atoms with Gasteiger partial charge < -0.3 is 9.80 Å². The summed E-state index contributed by atoms with van der Waals surface area (Å²) in [7, 11) is 8.16. The standard InChI is InChI=1S/C13H21N3/c1-6-14-13(16(4)5)11-9-7-8-10-12(11)15(2)3/h7-10H,6H2,1-5H3. The molecule has 0 aliphatic rings. The van der Waals surface area contributed by atoms with E-state index in [4.69, 9.17) is 0 Å². The number of amidine groups is 1. The summed E-state index contributed by atoms with van der Waals surface area (Å²) < 4.78 is 0. The van der Waals surface area contributed by atoms with Crippen LogP contribution in [0.5, 0.6) is 0 Å². The molecule has 0 atom stereocenters. The molecule has 0 aliphatic heterocycles. The van der Waals surface area contributed by atoms with Crippen LogP contribution in [-0.4, -0.2) is 45.5 Å². The predicted octanol–water partition coefficient (Wildman–Crippen LogP) is 2.08. The van der Waals surface area contributed by atoms with E-state index < -0.39 is 0 Å². The lowest BCUT2D eigenvalue weighted by atomic mass is 10.1. The fourth-order valence-corrected chi connectivity index (χ4v) is 1.67. The van der Waals surface area contributed by atoms with Gasteiger partial charge in [-0.25, -0.2) is 0 Å². The summed E-state index contributed by atoms with van der Waals surface area (Å²) in [4.78, 5) is 8.73. The van der Waals surface area contributed by atoms with Crippen molar-refractivity contribution in [3.05, 3.63) is 29.8 Å². The first-order valence-electron chi connectivity index (χ1n) is 5.56. The summed E-state index contributed by atoms with van der Waals surface area (Å²) in [6.45, 7) is 2.86. The smallest absolute Gasteiger partial charge is 0.132 e. The van der Waals surface area contributed by atoms with Crippen LogP contribution in [0.25, 0.3) is 0 Å². The van der Waals surface area contributed by atoms with Crippen LogP contribution in [0, 0.1) is 0 Å². The van der Waals surface area contributed by atoms with Gasteiger partial charge in [0, 0.05) is 46.0 Å². The lowest BCUT2D eigenvalue weighted by Gasteiger charge is -2.22. The summed E-state index contributed by atoms with van der Waals surface area (Å²) >= 11 is 0. The first-order chi connectivity index (χ1) is 7.57. The number of aliphatic imine (C=N–C) groups is 1. The van der Waals surface area contributed by atoms with Crippen molar-refractivity contribution >= 4 is 11.5 Å². The van der Waals surface area contributed by atoms with Crippen molar-refractivity contribution in [2.45, 2.75) is 6.92 Å². The number of rotatable bonds is 3. The predicted molar refractivity (Wildman–Crippen MR) is 71.5 cm³/mol. The van der Waals surface area contributed by atoms with Gasteiger partial charge in [-0.05, 0) is 19.1 Å². The molecule has 0 spiro atoms. The van der Waals surface area contributed by atoms with E-state index in [0.29, 0.717) is 0 Å². The van der Waals surface area contributed by atoms with Crippen molar-refractivity contribution in [1.82, 2.24) is 4.90 Å². The number of para-hydroxylation sites is 1. The normalized spacial score (nSPS) is 11.4. The Morgan fingerprint density at radius 3 is 2.25 bits per heavy atom. The third kappa shape index (κ3) is 2.75. The molecule has 0 aromatic heterocycles. The van der Waals surface area contributed by atoms with Crippen molar-refractivity contribution in [2.75, 3.05) is 39.6 Å². The highest BCUT2D eigenvalue weighted by molar-refractivity contribution is 6.03. The van der Waals surface area contributed by atoms with Gasteiger partial charge in [0.1, 0.15) is 5.84 Å². The highest BCUT2D eigenvalue weighted by Crippen LogP contribution is 2.19. The average Bonchev–Trinajstić information content (AvgIpc) is 2.25. The summed E-state index contributed by atoms with van der Waals surface area (Å²) in [5, 5.41) is 0. The maximum atomic E-state index is 4.55. The summed E-state index contributed by atoms with van der Waals surface area (Å²) in [6, 6.07) is 8.34. The molecular formula is C13H21N3. The minimum atomic E-state index is 0.801. The van der Waals surface area contributed by atoms with Gasteiger partial charge in [0.05, 0.1) is 0 Å². The van der Waals surface area contributed by atoms with Crippen LogP contribution in [0.1, 0.15) is 12.5 Å². The van der Waals surface area contributed by atoms with Crippen LogP contribution in [0.3, 0.4) is 0 Å². The van der Waals surface area contributed by atoms with Crippen LogP contribution in [-0.2, 0) is 0 Å². The van der Waals surface area contributed by atoms with E-state index in [-0.39, 0.29) is 0 Å². The highest BCUT2D eigenvalue weighted by Gasteiger charge is 2.11. The van der Waals surface area contributed by atoms with Crippen LogP contribution in [0.15, 0.2) is 29.3 Å². The topological polar surface area (TPSA) is 18.8 Å². The van der Waals surface area contributed by atoms with Crippen LogP contribution in [0.2, 0.25) is 0 Å². The molecule has 1 rings (SSSR count). The molecule has 0 aliphatic carbocycles. The number of hydrogen-bond donors (Lipinski definition) is 0. The molecule has 3 heteroatoms. The molecule has 0 heterocycles. The second-order valence-electron chi connectivity index (χ2n) is 4.10. The molecule has 0 radical (unpaired) electrons. The lowest BCUT2D eigenvalue weighted by molar-refractivity contribution is 0.620. The number of hydrogen-bond acceptors (Lipinski definition) is 2. The monoisotopic (exact) mass is 219 g/mol. The van der Waals surface area contributed by atoms with E-state index in [2.05, 4.69) is 60.1 Å². The van der Waals surface area contributed by atoms with Gasteiger partial charge in [-0.15, -0.1) is 0 Å². The minimum absolute atomic E-state index is 0.801. The molecular weight excluding hydrogens is 198 g/mol. The van der Waals surface area contributed by atoms with E-state index in [1.54, 1.807) is 0 Å². The number of nitrogens with zero attached hydrogens (tertiary/aromatic N) is 3. The molecule has 3 nitrogen and oxygen atoms in total. The van der Waals surface area contributed by atoms with Gasteiger partial charge in [0.25, 0.3) is 0 Å². The van der Waals surface area contributed by atoms with Crippen molar-refractivity contribution in [3.63, 3.8) is 0 Å². The SMILES string of the molecule is CCN=C(c1ccccc1N(C)C)N(C)C. The molecule has 0 fully saturated rings. The Hall–Kier alpha value is -1.51.